The number of nitrogens with one attached hydrogen (secondary N) is 2. The Morgan fingerprint density at radius 2 is 2.05 bits per heavy atom. The highest BCUT2D eigenvalue weighted by Gasteiger charge is 2.18. The van der Waals surface area contributed by atoms with Crippen molar-refractivity contribution in [3.63, 3.8) is 0 Å². The minimum Gasteiger partial charge on any atom is -0.326 e. The van der Waals surface area contributed by atoms with Crippen LogP contribution in [-0.4, -0.2) is 11.8 Å². The molecule has 0 saturated carbocycles. The van der Waals surface area contributed by atoms with Crippen LogP contribution in [0, 0.1) is 5.92 Å². The van der Waals surface area contributed by atoms with Gasteiger partial charge in [0.25, 0.3) is 0 Å². The number of carbonyl (C=O) groups excluding carboxylic acids is 2. The van der Waals surface area contributed by atoms with E-state index in [1.165, 1.54) is 6.92 Å². The molecule has 0 saturated heterocycles. The van der Waals surface area contributed by atoms with E-state index >= 15 is 0 Å². The van der Waals surface area contributed by atoms with Gasteiger partial charge in [0.2, 0.25) is 11.8 Å². The van der Waals surface area contributed by atoms with Crippen molar-refractivity contribution in [2.45, 2.75) is 26.2 Å². The zero-order valence-electron chi connectivity index (χ0n) is 11.3. The number of rotatable bonds is 3. The molecule has 0 aromatic heterocycles. The van der Waals surface area contributed by atoms with Crippen LogP contribution in [0.15, 0.2) is 30.4 Å². The van der Waals surface area contributed by atoms with Crippen molar-refractivity contribution in [1.82, 2.24) is 0 Å². The lowest BCUT2D eigenvalue weighted by atomic mass is 9.93. The fraction of sp³-hybridized carbons (Fsp3) is 0.333. The minimum absolute atomic E-state index is 0.0118. The summed E-state index contributed by atoms with van der Waals surface area (Å²) < 4.78 is 0. The predicted octanol–water partition coefficient (Wildman–Crippen LogP) is 3.59. The molecule has 1 atom stereocenters. The largest absolute Gasteiger partial charge is 0.326 e. The first kappa shape index (κ1) is 14.6. The molecule has 5 heteroatoms. The van der Waals surface area contributed by atoms with E-state index in [1.807, 2.05) is 6.08 Å². The lowest BCUT2D eigenvalue weighted by Crippen LogP contribution is -2.23. The van der Waals surface area contributed by atoms with Gasteiger partial charge in [-0.2, -0.15) is 0 Å². The van der Waals surface area contributed by atoms with Gasteiger partial charge in [-0.1, -0.05) is 23.8 Å². The lowest BCUT2D eigenvalue weighted by Gasteiger charge is -2.17. The van der Waals surface area contributed by atoms with E-state index in [-0.39, 0.29) is 17.7 Å². The molecule has 0 spiro atoms. The van der Waals surface area contributed by atoms with Crippen LogP contribution in [0.5, 0.6) is 0 Å². The Bertz CT molecular complexity index is 555. The molecule has 4 nitrogen and oxygen atoms in total. The summed E-state index contributed by atoms with van der Waals surface area (Å²) in [6, 6.07) is 5.05. The average Bonchev–Trinajstić information content (AvgIpc) is 2.42. The van der Waals surface area contributed by atoms with Gasteiger partial charge in [0.05, 0.1) is 10.7 Å². The van der Waals surface area contributed by atoms with Gasteiger partial charge in [-0.25, -0.2) is 0 Å². The molecule has 2 N–H and O–H groups in total. The van der Waals surface area contributed by atoms with Gasteiger partial charge in [-0.15, -0.1) is 0 Å². The summed E-state index contributed by atoms with van der Waals surface area (Å²) >= 11 is 6.07. The molecule has 1 aliphatic rings. The normalized spacial score (nSPS) is 17.6. The van der Waals surface area contributed by atoms with Crippen LogP contribution < -0.4 is 10.6 Å². The smallest absolute Gasteiger partial charge is 0.227 e. The molecule has 2 amide bonds. The summed E-state index contributed by atoms with van der Waals surface area (Å²) in [4.78, 5) is 23.1. The highest BCUT2D eigenvalue weighted by atomic mass is 35.5. The van der Waals surface area contributed by atoms with Crippen LogP contribution in [-0.2, 0) is 9.59 Å². The van der Waals surface area contributed by atoms with Crippen molar-refractivity contribution >= 4 is 34.8 Å². The van der Waals surface area contributed by atoms with Crippen molar-refractivity contribution in [3.8, 4) is 0 Å². The summed E-state index contributed by atoms with van der Waals surface area (Å²) in [5.41, 5.74) is 1.18. The zero-order chi connectivity index (χ0) is 14.5. The van der Waals surface area contributed by atoms with Crippen LogP contribution in [0.25, 0.3) is 0 Å². The Labute approximate surface area is 123 Å². The third-order valence-corrected chi connectivity index (χ3v) is 3.50. The molecular formula is C15H17ClN2O2. The number of hydrogen-bond donors (Lipinski definition) is 2. The molecule has 1 aromatic rings. The lowest BCUT2D eigenvalue weighted by molar-refractivity contribution is -0.120. The Morgan fingerprint density at radius 3 is 2.65 bits per heavy atom. The predicted molar refractivity (Wildman–Crippen MR) is 80.9 cm³/mol. The third kappa shape index (κ3) is 3.84. The van der Waals surface area contributed by atoms with Crippen LogP contribution in [0.4, 0.5) is 11.4 Å². The van der Waals surface area contributed by atoms with Crippen molar-refractivity contribution < 1.29 is 9.59 Å². The first-order chi connectivity index (χ1) is 9.56. The van der Waals surface area contributed by atoms with E-state index in [2.05, 4.69) is 16.7 Å². The molecule has 0 fully saturated rings. The van der Waals surface area contributed by atoms with E-state index in [4.69, 9.17) is 11.6 Å². The Balaban J connectivity index is 2.02. The van der Waals surface area contributed by atoms with Gasteiger partial charge in [-0.3, -0.25) is 9.59 Å². The molecule has 0 heterocycles. The first-order valence-electron chi connectivity index (χ1n) is 6.59. The maximum Gasteiger partial charge on any atom is 0.227 e. The number of allylic oxidation sites excluding steroid dienone is 2. The highest BCUT2D eigenvalue weighted by Crippen LogP contribution is 2.26. The second-order valence-electron chi connectivity index (χ2n) is 4.85. The number of benzene rings is 1. The molecule has 0 radical (unpaired) electrons. The van der Waals surface area contributed by atoms with Crippen molar-refractivity contribution in [2.24, 2.45) is 5.92 Å². The molecule has 1 unspecified atom stereocenters. The molecular weight excluding hydrogens is 276 g/mol. The SMILES string of the molecule is CC(=O)Nc1ccc(NC(=O)C2CC=CCC2)cc1Cl. The second kappa shape index (κ2) is 6.57. The standard InChI is InChI=1S/C15H17ClN2O2/c1-10(19)17-14-8-7-12(9-13(14)16)18-15(20)11-5-3-2-4-6-11/h2-3,7-9,11H,4-6H2,1H3,(H,17,19)(H,18,20). The molecule has 20 heavy (non-hydrogen) atoms. The van der Waals surface area contributed by atoms with Gasteiger partial charge < -0.3 is 10.6 Å². The molecule has 0 aliphatic heterocycles. The van der Waals surface area contributed by atoms with Gasteiger partial charge in [-0.05, 0) is 37.5 Å². The zero-order valence-corrected chi connectivity index (χ0v) is 12.0. The fourth-order valence-corrected chi connectivity index (χ4v) is 2.39. The van der Waals surface area contributed by atoms with Crippen LogP contribution in [0.2, 0.25) is 5.02 Å². The molecule has 106 valence electrons. The second-order valence-corrected chi connectivity index (χ2v) is 5.25. The monoisotopic (exact) mass is 292 g/mol. The Hall–Kier alpha value is -1.81. The van der Waals surface area contributed by atoms with Gasteiger partial charge >= 0.3 is 0 Å². The molecule has 0 bridgehead atoms. The highest BCUT2D eigenvalue weighted by molar-refractivity contribution is 6.34. The van der Waals surface area contributed by atoms with Crippen molar-refractivity contribution in [1.29, 1.82) is 0 Å². The van der Waals surface area contributed by atoms with Crippen molar-refractivity contribution in [3.05, 3.63) is 35.4 Å². The average molecular weight is 293 g/mol. The Morgan fingerprint density at radius 1 is 1.25 bits per heavy atom. The summed E-state index contributed by atoms with van der Waals surface area (Å²) in [5.74, 6) is -0.149. The molecule has 2 rings (SSSR count). The summed E-state index contributed by atoms with van der Waals surface area (Å²) in [5, 5.41) is 5.89. The number of anilines is 2. The fourth-order valence-electron chi connectivity index (χ4n) is 2.16. The van der Waals surface area contributed by atoms with E-state index in [0.717, 1.165) is 19.3 Å². The summed E-state index contributed by atoms with van der Waals surface area (Å²) in [6.07, 6.45) is 6.74. The third-order valence-electron chi connectivity index (χ3n) is 3.19. The van der Waals surface area contributed by atoms with Crippen LogP contribution >= 0.6 is 11.6 Å². The molecule has 1 aliphatic carbocycles. The van der Waals surface area contributed by atoms with E-state index < -0.39 is 0 Å². The number of carbonyl (C=O) groups is 2. The maximum absolute atomic E-state index is 12.1. The number of amides is 2. The Kier molecular flexibility index (Phi) is 4.79. The minimum atomic E-state index is -0.183. The van der Waals surface area contributed by atoms with Gasteiger partial charge in [0.15, 0.2) is 0 Å². The van der Waals surface area contributed by atoms with Crippen molar-refractivity contribution in [2.75, 3.05) is 10.6 Å². The van der Waals surface area contributed by atoms with E-state index in [1.54, 1.807) is 18.2 Å². The van der Waals surface area contributed by atoms with Gasteiger partial charge in [0.1, 0.15) is 0 Å². The topological polar surface area (TPSA) is 58.2 Å². The summed E-state index contributed by atoms with van der Waals surface area (Å²) in [6.45, 7) is 1.42. The summed E-state index contributed by atoms with van der Waals surface area (Å²) in [7, 11) is 0. The van der Waals surface area contributed by atoms with Crippen LogP contribution in [0.1, 0.15) is 26.2 Å². The van der Waals surface area contributed by atoms with Crippen LogP contribution in [0.3, 0.4) is 0 Å². The van der Waals surface area contributed by atoms with E-state index in [9.17, 15) is 9.59 Å². The van der Waals surface area contributed by atoms with Gasteiger partial charge in [0, 0.05) is 18.5 Å². The quantitative estimate of drug-likeness (QED) is 0.836. The number of halogens is 1. The first-order valence-corrected chi connectivity index (χ1v) is 6.97. The number of hydrogen-bond acceptors (Lipinski definition) is 2. The molecule has 1 aromatic carbocycles. The maximum atomic E-state index is 12.1. The van der Waals surface area contributed by atoms with E-state index in [0.29, 0.717) is 16.4 Å².